The summed E-state index contributed by atoms with van der Waals surface area (Å²) in [6, 6.07) is 13.3. The smallest absolute Gasteiger partial charge is 0.308 e. The Kier molecular flexibility index (Phi) is 6.36. The van der Waals surface area contributed by atoms with E-state index in [1.165, 1.54) is 20.1 Å². The molecular weight excluding hydrogens is 410 g/mol. The van der Waals surface area contributed by atoms with Crippen molar-refractivity contribution in [3.63, 3.8) is 0 Å². The first-order valence-corrected chi connectivity index (χ1v) is 10.6. The van der Waals surface area contributed by atoms with Crippen molar-refractivity contribution in [1.29, 1.82) is 0 Å². The number of hydrogen-bond donors (Lipinski definition) is 2. The highest BCUT2D eigenvalue weighted by molar-refractivity contribution is 7.90. The minimum Gasteiger partial charge on any atom is -0.495 e. The van der Waals surface area contributed by atoms with Crippen molar-refractivity contribution in [3.8, 4) is 5.75 Å². The van der Waals surface area contributed by atoms with Crippen LogP contribution in [-0.2, 0) is 24.3 Å². The van der Waals surface area contributed by atoms with E-state index in [2.05, 4.69) is 15.0 Å². The Morgan fingerprint density at radius 3 is 2.60 bits per heavy atom. The Labute approximate surface area is 174 Å². The molecular formula is C20H21N3O6S. The summed E-state index contributed by atoms with van der Waals surface area (Å²) in [5.41, 5.74) is 0.918. The molecule has 2 aromatic rings. The highest BCUT2D eigenvalue weighted by atomic mass is 32.2. The number of amidine groups is 1. The molecule has 0 saturated carbocycles. The molecule has 3 rings (SSSR count). The Morgan fingerprint density at radius 1 is 1.13 bits per heavy atom. The van der Waals surface area contributed by atoms with E-state index in [1.54, 1.807) is 42.5 Å². The lowest BCUT2D eigenvalue weighted by Gasteiger charge is -2.15. The molecule has 2 aromatic carbocycles. The van der Waals surface area contributed by atoms with E-state index in [0.717, 1.165) is 0 Å². The maximum Gasteiger partial charge on any atom is 0.308 e. The number of nitrogens with one attached hydrogen (secondary N) is 2. The number of sulfonamides is 1. The van der Waals surface area contributed by atoms with Gasteiger partial charge < -0.3 is 14.8 Å². The van der Waals surface area contributed by atoms with E-state index >= 15 is 0 Å². The zero-order chi connectivity index (χ0) is 21.7. The number of carbonyl (C=O) groups is 2. The number of fused-ring (bicyclic) bond motifs is 1. The Morgan fingerprint density at radius 2 is 1.83 bits per heavy atom. The fourth-order valence-electron chi connectivity index (χ4n) is 2.80. The van der Waals surface area contributed by atoms with Crippen LogP contribution in [-0.4, -0.2) is 45.9 Å². The average molecular weight is 431 g/mol. The maximum absolute atomic E-state index is 12.3. The number of amides is 1. The number of carbonyl (C=O) groups excluding carboxylic acids is 2. The van der Waals surface area contributed by atoms with Gasteiger partial charge in [-0.15, -0.1) is 0 Å². The quantitative estimate of drug-likeness (QED) is 0.643. The summed E-state index contributed by atoms with van der Waals surface area (Å²) >= 11 is 0. The molecule has 0 bridgehead atoms. The molecule has 1 atom stereocenters. The molecule has 0 aromatic heterocycles. The normalized spacial score (nSPS) is 16.3. The van der Waals surface area contributed by atoms with Crippen molar-refractivity contribution < 1.29 is 27.5 Å². The highest BCUT2D eigenvalue weighted by Gasteiger charge is 2.30. The summed E-state index contributed by atoms with van der Waals surface area (Å²) in [5.74, 6) is -0.465. The van der Waals surface area contributed by atoms with Crippen LogP contribution in [0.25, 0.3) is 0 Å². The van der Waals surface area contributed by atoms with Crippen LogP contribution >= 0.6 is 0 Å². The summed E-state index contributed by atoms with van der Waals surface area (Å²) in [6.45, 7) is 1.46. The van der Waals surface area contributed by atoms with Crippen LogP contribution in [0, 0.1) is 0 Å². The summed E-state index contributed by atoms with van der Waals surface area (Å²) in [7, 11) is -2.15. The molecule has 0 fully saturated rings. The molecule has 1 amide bonds. The summed E-state index contributed by atoms with van der Waals surface area (Å²) in [5, 5.41) is 2.64. The lowest BCUT2D eigenvalue weighted by atomic mass is 10.2. The van der Waals surface area contributed by atoms with Crippen LogP contribution < -0.4 is 14.8 Å². The van der Waals surface area contributed by atoms with Gasteiger partial charge in [0.2, 0.25) is 0 Å². The third kappa shape index (κ3) is 4.77. The van der Waals surface area contributed by atoms with Crippen molar-refractivity contribution in [1.82, 2.24) is 4.72 Å². The van der Waals surface area contributed by atoms with E-state index in [9.17, 15) is 18.0 Å². The van der Waals surface area contributed by atoms with Gasteiger partial charge in [0, 0.05) is 5.56 Å². The lowest BCUT2D eigenvalue weighted by molar-refractivity contribution is -0.152. The number of esters is 1. The number of nitrogens with zero attached hydrogens (tertiary/aromatic N) is 1. The maximum atomic E-state index is 12.3. The van der Waals surface area contributed by atoms with Gasteiger partial charge in [0.25, 0.3) is 15.9 Å². The van der Waals surface area contributed by atoms with E-state index in [0.29, 0.717) is 17.0 Å². The second-order valence-electron chi connectivity index (χ2n) is 6.40. The zero-order valence-electron chi connectivity index (χ0n) is 16.4. The van der Waals surface area contributed by atoms with Crippen LogP contribution in [0.2, 0.25) is 0 Å². The molecule has 0 spiro atoms. The number of ether oxygens (including phenoxy) is 2. The molecule has 1 heterocycles. The third-order valence-electron chi connectivity index (χ3n) is 4.29. The largest absolute Gasteiger partial charge is 0.495 e. The van der Waals surface area contributed by atoms with Gasteiger partial charge in [-0.05, 0) is 31.2 Å². The van der Waals surface area contributed by atoms with Gasteiger partial charge in [-0.1, -0.05) is 24.3 Å². The highest BCUT2D eigenvalue weighted by Crippen LogP contribution is 2.23. The lowest BCUT2D eigenvalue weighted by Crippen LogP contribution is -2.30. The molecule has 0 radical (unpaired) electrons. The molecule has 0 unspecified atom stereocenters. The molecule has 1 aliphatic rings. The number of para-hydroxylation sites is 2. The Balaban J connectivity index is 1.54. The summed E-state index contributed by atoms with van der Waals surface area (Å²) < 4.78 is 36.7. The minimum atomic E-state index is -3.63. The van der Waals surface area contributed by atoms with Crippen molar-refractivity contribution >= 4 is 33.4 Å². The average Bonchev–Trinajstić information content (AvgIpc) is 2.99. The SMILES string of the molecule is COc1ccccc1NC(=O)[C@H](C)OC(=O)CCN=C1NS(=O)(=O)c2ccccc21. The molecule has 0 aliphatic carbocycles. The van der Waals surface area contributed by atoms with E-state index in [-0.39, 0.29) is 23.7 Å². The van der Waals surface area contributed by atoms with Crippen LogP contribution in [0.1, 0.15) is 18.9 Å². The van der Waals surface area contributed by atoms with Gasteiger partial charge >= 0.3 is 5.97 Å². The molecule has 158 valence electrons. The van der Waals surface area contributed by atoms with Crippen molar-refractivity contribution in [2.24, 2.45) is 4.99 Å². The first kappa shape index (κ1) is 21.3. The molecule has 2 N–H and O–H groups in total. The summed E-state index contributed by atoms with van der Waals surface area (Å²) in [6.07, 6.45) is -1.14. The van der Waals surface area contributed by atoms with Crippen molar-refractivity contribution in [2.75, 3.05) is 19.0 Å². The predicted octanol–water partition coefficient (Wildman–Crippen LogP) is 1.69. The van der Waals surface area contributed by atoms with Gasteiger partial charge in [0.15, 0.2) is 6.10 Å². The van der Waals surface area contributed by atoms with Crippen LogP contribution in [0.4, 0.5) is 5.69 Å². The fourth-order valence-corrected chi connectivity index (χ4v) is 4.05. The zero-order valence-corrected chi connectivity index (χ0v) is 17.2. The fraction of sp³-hybridized carbons (Fsp3) is 0.250. The number of benzene rings is 2. The number of hydrogen-bond acceptors (Lipinski definition) is 7. The van der Waals surface area contributed by atoms with Crippen molar-refractivity contribution in [2.45, 2.75) is 24.3 Å². The Bertz CT molecular complexity index is 1100. The summed E-state index contributed by atoms with van der Waals surface area (Å²) in [4.78, 5) is 28.6. The van der Waals surface area contributed by atoms with Gasteiger partial charge in [0.05, 0.1) is 30.7 Å². The second-order valence-corrected chi connectivity index (χ2v) is 8.05. The molecule has 30 heavy (non-hydrogen) atoms. The van der Waals surface area contributed by atoms with E-state index < -0.39 is 28.0 Å². The van der Waals surface area contributed by atoms with Crippen LogP contribution in [0.15, 0.2) is 58.4 Å². The van der Waals surface area contributed by atoms with Crippen molar-refractivity contribution in [3.05, 3.63) is 54.1 Å². The molecule has 1 aliphatic heterocycles. The molecule has 9 nitrogen and oxygen atoms in total. The van der Waals surface area contributed by atoms with Gasteiger partial charge in [-0.3, -0.25) is 19.3 Å². The number of methoxy groups -OCH3 is 1. The second kappa shape index (κ2) is 8.95. The van der Waals surface area contributed by atoms with Crippen LogP contribution in [0.5, 0.6) is 5.75 Å². The molecule has 0 saturated heterocycles. The van der Waals surface area contributed by atoms with Gasteiger partial charge in [-0.25, -0.2) is 8.42 Å². The van der Waals surface area contributed by atoms with Crippen LogP contribution in [0.3, 0.4) is 0 Å². The number of rotatable bonds is 7. The first-order chi connectivity index (χ1) is 14.3. The topological polar surface area (TPSA) is 123 Å². The Hall–Kier alpha value is -3.40. The first-order valence-electron chi connectivity index (χ1n) is 9.12. The minimum absolute atomic E-state index is 0.00582. The molecule has 10 heteroatoms. The predicted molar refractivity (Wildman–Crippen MR) is 110 cm³/mol. The van der Waals surface area contributed by atoms with Gasteiger partial charge in [0.1, 0.15) is 11.6 Å². The standard InChI is InChI=1S/C20H21N3O6S/c1-13(20(25)22-15-8-4-5-9-16(15)28-2)29-18(24)11-12-21-19-14-7-3-6-10-17(14)30(26,27)23-19/h3-10,13H,11-12H2,1-2H3,(H,21,23)(H,22,25)/t13-/m0/s1. The van der Waals surface area contributed by atoms with E-state index in [1.807, 2.05) is 0 Å². The monoisotopic (exact) mass is 431 g/mol. The van der Waals surface area contributed by atoms with E-state index in [4.69, 9.17) is 9.47 Å². The number of anilines is 1. The number of aliphatic imine (C=N–C) groups is 1. The third-order valence-corrected chi connectivity index (χ3v) is 5.69. The van der Waals surface area contributed by atoms with Gasteiger partial charge in [-0.2, -0.15) is 0 Å².